The second kappa shape index (κ2) is 6.95. The zero-order valence-corrected chi connectivity index (χ0v) is 15.9. The molecule has 3 aliphatic rings. The first-order chi connectivity index (χ1) is 12.5. The first kappa shape index (κ1) is 18.0. The third-order valence-electron chi connectivity index (χ3n) is 6.83. The highest BCUT2D eigenvalue weighted by Crippen LogP contribution is 2.50. The number of anilines is 1. The van der Waals surface area contributed by atoms with Gasteiger partial charge in [0.1, 0.15) is 0 Å². The highest BCUT2D eigenvalue weighted by atomic mass is 16.5. The number of rotatable bonds is 3. The summed E-state index contributed by atoms with van der Waals surface area (Å²) in [5.41, 5.74) is 3.56. The number of nitrogens with zero attached hydrogens (tertiary/aromatic N) is 2. The van der Waals surface area contributed by atoms with Crippen LogP contribution in [-0.4, -0.2) is 61.4 Å². The maximum Gasteiger partial charge on any atom is 0.241 e. The minimum absolute atomic E-state index is 0.0798. The van der Waals surface area contributed by atoms with Crippen molar-refractivity contribution in [1.29, 1.82) is 0 Å². The van der Waals surface area contributed by atoms with E-state index in [9.17, 15) is 9.90 Å². The maximum absolute atomic E-state index is 13.0. The fraction of sp³-hybridized carbons (Fsp3) is 0.667. The number of benzene rings is 1. The molecule has 1 spiro atoms. The topological polar surface area (TPSA) is 53.0 Å². The molecule has 26 heavy (non-hydrogen) atoms. The lowest BCUT2D eigenvalue weighted by Crippen LogP contribution is -2.62. The summed E-state index contributed by atoms with van der Waals surface area (Å²) in [6.45, 7) is 5.11. The van der Waals surface area contributed by atoms with E-state index < -0.39 is 0 Å². The van der Waals surface area contributed by atoms with Gasteiger partial charge < -0.3 is 14.7 Å². The van der Waals surface area contributed by atoms with Crippen molar-refractivity contribution in [3.05, 3.63) is 29.3 Å². The molecule has 0 unspecified atom stereocenters. The van der Waals surface area contributed by atoms with Crippen molar-refractivity contribution in [2.75, 3.05) is 38.2 Å². The molecule has 2 fully saturated rings. The van der Waals surface area contributed by atoms with Crippen LogP contribution in [-0.2, 0) is 16.0 Å². The molecule has 1 saturated heterocycles. The number of hydrogen-bond acceptors (Lipinski definition) is 4. The average Bonchev–Trinajstić information content (AvgIpc) is 2.65. The summed E-state index contributed by atoms with van der Waals surface area (Å²) in [5.74, 6) is 0.197. The number of hydrogen-bond donors (Lipinski definition) is 1. The number of aryl methyl sites for hydroxylation is 2. The molecule has 4 rings (SSSR count). The molecule has 2 atom stereocenters. The second-order valence-corrected chi connectivity index (χ2v) is 8.27. The molecule has 0 aromatic heterocycles. The second-order valence-electron chi connectivity index (χ2n) is 8.27. The highest BCUT2D eigenvalue weighted by molar-refractivity contribution is 5.96. The molecular weight excluding hydrogens is 328 g/mol. The summed E-state index contributed by atoms with van der Waals surface area (Å²) in [4.78, 5) is 17.2. The lowest BCUT2D eigenvalue weighted by molar-refractivity contribution is -0.201. The fourth-order valence-electron chi connectivity index (χ4n) is 5.10. The Hall–Kier alpha value is -1.43. The molecule has 0 bridgehead atoms. The summed E-state index contributed by atoms with van der Waals surface area (Å²) in [6.07, 6.45) is 4.59. The van der Waals surface area contributed by atoms with Gasteiger partial charge in [0.05, 0.1) is 18.8 Å². The van der Waals surface area contributed by atoms with Crippen LogP contribution >= 0.6 is 0 Å². The van der Waals surface area contributed by atoms with Crippen LogP contribution in [0, 0.1) is 12.3 Å². The van der Waals surface area contributed by atoms with E-state index in [1.165, 1.54) is 11.1 Å². The molecule has 2 aliphatic heterocycles. The Kier molecular flexibility index (Phi) is 4.80. The lowest BCUT2D eigenvalue weighted by Gasteiger charge is -2.56. The van der Waals surface area contributed by atoms with Gasteiger partial charge in [-0.2, -0.15) is 0 Å². The molecule has 1 amide bonds. The fourth-order valence-corrected chi connectivity index (χ4v) is 5.10. The Morgan fingerprint density at radius 3 is 2.77 bits per heavy atom. The van der Waals surface area contributed by atoms with Crippen molar-refractivity contribution in [3.8, 4) is 0 Å². The summed E-state index contributed by atoms with van der Waals surface area (Å²) in [6, 6.07) is 6.40. The van der Waals surface area contributed by atoms with Crippen molar-refractivity contribution in [1.82, 2.24) is 4.90 Å². The van der Waals surface area contributed by atoms with Crippen LogP contribution in [0.1, 0.15) is 36.8 Å². The molecule has 1 N–H and O–H groups in total. The van der Waals surface area contributed by atoms with Gasteiger partial charge in [-0.3, -0.25) is 9.69 Å². The van der Waals surface area contributed by atoms with E-state index in [4.69, 9.17) is 4.74 Å². The van der Waals surface area contributed by atoms with E-state index in [0.717, 1.165) is 57.4 Å². The first-order valence-electron chi connectivity index (χ1n) is 9.86. The molecule has 142 valence electrons. The van der Waals surface area contributed by atoms with Crippen molar-refractivity contribution in [3.63, 3.8) is 0 Å². The van der Waals surface area contributed by atoms with Crippen molar-refractivity contribution in [2.45, 2.75) is 51.2 Å². The van der Waals surface area contributed by atoms with Gasteiger partial charge in [-0.15, -0.1) is 0 Å². The summed E-state index contributed by atoms with van der Waals surface area (Å²) in [7, 11) is 1.74. The number of carbonyl (C=O) groups is 1. The van der Waals surface area contributed by atoms with E-state index in [-0.39, 0.29) is 23.5 Å². The van der Waals surface area contributed by atoms with E-state index in [0.29, 0.717) is 6.54 Å². The number of aliphatic hydroxyl groups is 1. The Morgan fingerprint density at radius 2 is 2.08 bits per heavy atom. The van der Waals surface area contributed by atoms with E-state index in [2.05, 4.69) is 30.0 Å². The quantitative estimate of drug-likeness (QED) is 0.899. The molecule has 0 radical (unpaired) electrons. The van der Waals surface area contributed by atoms with Crippen LogP contribution in [0.4, 0.5) is 5.69 Å². The van der Waals surface area contributed by atoms with Crippen LogP contribution in [0.3, 0.4) is 0 Å². The molecule has 1 saturated carbocycles. The summed E-state index contributed by atoms with van der Waals surface area (Å²) < 4.78 is 5.56. The smallest absolute Gasteiger partial charge is 0.241 e. The number of piperidine rings is 1. The van der Waals surface area contributed by atoms with Crippen molar-refractivity contribution in [2.24, 2.45) is 5.41 Å². The third-order valence-corrected chi connectivity index (χ3v) is 6.83. The Bertz CT molecular complexity index is 682. The Morgan fingerprint density at radius 1 is 1.31 bits per heavy atom. The van der Waals surface area contributed by atoms with Crippen molar-refractivity contribution < 1.29 is 14.6 Å². The zero-order valence-electron chi connectivity index (χ0n) is 15.9. The Labute approximate surface area is 155 Å². The number of carbonyl (C=O) groups excluding carboxylic acids is 1. The molecule has 1 aromatic rings. The maximum atomic E-state index is 13.0. The number of amides is 1. The van der Waals surface area contributed by atoms with Gasteiger partial charge in [0.15, 0.2) is 0 Å². The normalized spacial score (nSPS) is 27.9. The number of fused-ring (bicyclic) bond motifs is 1. The largest absolute Gasteiger partial charge is 0.392 e. The van der Waals surface area contributed by atoms with Gasteiger partial charge in [-0.1, -0.05) is 17.7 Å². The highest BCUT2D eigenvalue weighted by Gasteiger charge is 2.55. The first-order valence-corrected chi connectivity index (χ1v) is 9.86. The van der Waals surface area contributed by atoms with E-state index in [1.54, 1.807) is 7.11 Å². The SMILES string of the molecule is CO[C@H]1C[C@@H](O)C12CCN(CC(=O)N1CCCc3cc(C)ccc31)CC2. The monoisotopic (exact) mass is 358 g/mol. The van der Waals surface area contributed by atoms with Crippen LogP contribution in [0.5, 0.6) is 0 Å². The number of likely N-dealkylation sites (tertiary alicyclic amines) is 1. The van der Waals surface area contributed by atoms with Gasteiger partial charge in [0.2, 0.25) is 5.91 Å². The molecule has 5 nitrogen and oxygen atoms in total. The minimum atomic E-state index is -0.248. The van der Waals surface area contributed by atoms with Crippen LogP contribution in [0.25, 0.3) is 0 Å². The van der Waals surface area contributed by atoms with Gasteiger partial charge in [0.25, 0.3) is 0 Å². The molecule has 1 aromatic carbocycles. The number of methoxy groups -OCH3 is 1. The number of aliphatic hydroxyl groups excluding tert-OH is 1. The standard InChI is InChI=1S/C21H30N2O3/c1-15-5-6-17-16(12-15)4-3-9-23(17)20(25)14-22-10-7-21(8-11-22)18(24)13-19(21)26-2/h5-6,12,18-19,24H,3-4,7-11,13-14H2,1-2H3/t18-,19+/m1/s1. The zero-order chi connectivity index (χ0) is 18.3. The molecular formula is C21H30N2O3. The third kappa shape index (κ3) is 2.96. The van der Waals surface area contributed by atoms with Gasteiger partial charge >= 0.3 is 0 Å². The van der Waals surface area contributed by atoms with Gasteiger partial charge in [0, 0.05) is 31.2 Å². The predicted octanol–water partition coefficient (Wildman–Crippen LogP) is 2.14. The summed E-state index contributed by atoms with van der Waals surface area (Å²) >= 11 is 0. The van der Waals surface area contributed by atoms with E-state index >= 15 is 0 Å². The average molecular weight is 358 g/mol. The Balaban J connectivity index is 1.38. The van der Waals surface area contributed by atoms with Gasteiger partial charge in [-0.05, 0) is 57.3 Å². The van der Waals surface area contributed by atoms with Crippen LogP contribution in [0.15, 0.2) is 18.2 Å². The van der Waals surface area contributed by atoms with E-state index in [1.807, 2.05) is 4.90 Å². The molecule has 5 heteroatoms. The van der Waals surface area contributed by atoms with Crippen LogP contribution < -0.4 is 4.90 Å². The van der Waals surface area contributed by atoms with Crippen molar-refractivity contribution >= 4 is 11.6 Å². The summed E-state index contributed by atoms with van der Waals surface area (Å²) in [5, 5.41) is 10.3. The van der Waals surface area contributed by atoms with Gasteiger partial charge in [-0.25, -0.2) is 0 Å². The minimum Gasteiger partial charge on any atom is -0.392 e. The predicted molar refractivity (Wildman–Crippen MR) is 101 cm³/mol. The molecule has 1 aliphatic carbocycles. The molecule has 2 heterocycles. The lowest BCUT2D eigenvalue weighted by atomic mass is 9.58. The van der Waals surface area contributed by atoms with Crippen LogP contribution in [0.2, 0.25) is 0 Å². The number of ether oxygens (including phenoxy) is 1.